The number of likely N-dealkylation sites (N-methyl/N-ethyl adjacent to an activating group) is 1. The minimum atomic E-state index is -4.32. The Morgan fingerprint density at radius 1 is 1.29 bits per heavy atom. The van der Waals surface area contributed by atoms with Gasteiger partial charge < -0.3 is 4.90 Å². The number of rotatable bonds is 3. The highest BCUT2D eigenvalue weighted by Gasteiger charge is 2.53. The minimum absolute atomic E-state index is 0.0647. The molecule has 1 aromatic rings. The van der Waals surface area contributed by atoms with E-state index in [9.17, 15) is 18.0 Å². The molecule has 8 heteroatoms. The zero-order chi connectivity index (χ0) is 17.7. The van der Waals surface area contributed by atoms with Gasteiger partial charge in [0.05, 0.1) is 11.2 Å². The van der Waals surface area contributed by atoms with Gasteiger partial charge in [0.2, 0.25) is 5.91 Å². The first-order chi connectivity index (χ1) is 11.2. The lowest BCUT2D eigenvalue weighted by atomic mass is 9.98. The van der Waals surface area contributed by atoms with Crippen LogP contribution < -0.4 is 5.32 Å². The van der Waals surface area contributed by atoms with Crippen LogP contribution in [0.4, 0.5) is 13.2 Å². The summed E-state index contributed by atoms with van der Waals surface area (Å²) >= 11 is 0. The van der Waals surface area contributed by atoms with E-state index in [0.717, 1.165) is 30.4 Å². The van der Waals surface area contributed by atoms with Crippen molar-refractivity contribution in [3.05, 3.63) is 17.0 Å². The Bertz CT molecular complexity index is 646. The molecule has 1 atom stereocenters. The molecule has 1 amide bonds. The maximum absolute atomic E-state index is 12.9. The Balaban J connectivity index is 1.97. The first-order valence-electron chi connectivity index (χ1n) is 8.38. The number of hydrogen-bond donors (Lipinski definition) is 1. The molecule has 1 aliphatic carbocycles. The molecule has 0 bridgehead atoms. The van der Waals surface area contributed by atoms with Crippen molar-refractivity contribution >= 4 is 5.91 Å². The Morgan fingerprint density at radius 2 is 1.92 bits per heavy atom. The van der Waals surface area contributed by atoms with E-state index in [-0.39, 0.29) is 5.91 Å². The predicted octanol–water partition coefficient (Wildman–Crippen LogP) is 2.83. The van der Waals surface area contributed by atoms with Gasteiger partial charge in [-0.3, -0.25) is 14.8 Å². The molecule has 134 valence electrons. The average Bonchev–Trinajstić information content (AvgIpc) is 3.11. The number of carbonyl (C=O) groups is 1. The van der Waals surface area contributed by atoms with Gasteiger partial charge in [0.25, 0.3) is 0 Å². The van der Waals surface area contributed by atoms with Crippen LogP contribution in [0.25, 0.3) is 0 Å². The molecule has 1 unspecified atom stereocenters. The van der Waals surface area contributed by atoms with Crippen molar-refractivity contribution in [2.75, 3.05) is 6.54 Å². The summed E-state index contributed by atoms with van der Waals surface area (Å²) in [5.74, 6) is 0.0647. The molecule has 2 aliphatic rings. The van der Waals surface area contributed by atoms with Crippen LogP contribution in [0.2, 0.25) is 0 Å². The Labute approximate surface area is 139 Å². The summed E-state index contributed by atoms with van der Waals surface area (Å²) in [7, 11) is 0. The molecule has 1 spiro atoms. The zero-order valence-corrected chi connectivity index (χ0v) is 14.2. The van der Waals surface area contributed by atoms with E-state index in [1.165, 1.54) is 0 Å². The SMILES string of the molecule is CCN1C(=O)C2(CCCC2)NC1c1c(C)nn(CC(F)(F)F)c1C. The quantitative estimate of drug-likeness (QED) is 0.917. The van der Waals surface area contributed by atoms with Crippen LogP contribution in [0.5, 0.6) is 0 Å². The summed E-state index contributed by atoms with van der Waals surface area (Å²) in [5, 5.41) is 7.50. The summed E-state index contributed by atoms with van der Waals surface area (Å²) in [6, 6.07) is 0. The van der Waals surface area contributed by atoms with Crippen molar-refractivity contribution in [3.8, 4) is 0 Å². The third-order valence-corrected chi connectivity index (χ3v) is 5.23. The van der Waals surface area contributed by atoms with Crippen LogP contribution in [0.3, 0.4) is 0 Å². The number of carbonyl (C=O) groups excluding carboxylic acids is 1. The van der Waals surface area contributed by atoms with Crippen molar-refractivity contribution < 1.29 is 18.0 Å². The highest BCUT2D eigenvalue weighted by molar-refractivity contribution is 5.89. The van der Waals surface area contributed by atoms with E-state index in [2.05, 4.69) is 10.4 Å². The molecule has 24 heavy (non-hydrogen) atoms. The third-order valence-electron chi connectivity index (χ3n) is 5.23. The summed E-state index contributed by atoms with van der Waals surface area (Å²) in [6.07, 6.45) is -1.16. The Morgan fingerprint density at radius 3 is 2.46 bits per heavy atom. The summed E-state index contributed by atoms with van der Waals surface area (Å²) in [4.78, 5) is 14.6. The van der Waals surface area contributed by atoms with E-state index in [1.54, 1.807) is 18.7 Å². The van der Waals surface area contributed by atoms with Gasteiger partial charge in [-0.05, 0) is 33.6 Å². The standard InChI is InChI=1S/C16H23F3N4O/c1-4-22-13(20-15(14(22)24)7-5-6-8-15)12-10(2)21-23(11(12)3)9-16(17,18)19/h13,20H,4-9H2,1-3H3. The van der Waals surface area contributed by atoms with E-state index in [0.29, 0.717) is 23.5 Å². The van der Waals surface area contributed by atoms with Crippen molar-refractivity contribution in [3.63, 3.8) is 0 Å². The summed E-state index contributed by atoms with van der Waals surface area (Å²) in [5.41, 5.74) is 1.14. The number of nitrogens with one attached hydrogen (secondary N) is 1. The van der Waals surface area contributed by atoms with Crippen LogP contribution in [-0.4, -0.2) is 38.8 Å². The Hall–Kier alpha value is -1.57. The molecule has 0 radical (unpaired) electrons. The lowest BCUT2D eigenvalue weighted by molar-refractivity contribution is -0.143. The number of alkyl halides is 3. The van der Waals surface area contributed by atoms with Gasteiger partial charge in [0.15, 0.2) is 0 Å². The van der Waals surface area contributed by atoms with Crippen LogP contribution in [0.1, 0.15) is 55.7 Å². The lowest BCUT2D eigenvalue weighted by Crippen LogP contribution is -2.44. The van der Waals surface area contributed by atoms with Crippen molar-refractivity contribution in [1.82, 2.24) is 20.0 Å². The number of halogens is 3. The average molecular weight is 344 g/mol. The number of nitrogens with zero attached hydrogens (tertiary/aromatic N) is 3. The molecule has 2 fully saturated rings. The zero-order valence-electron chi connectivity index (χ0n) is 14.2. The number of aromatic nitrogens is 2. The maximum Gasteiger partial charge on any atom is 0.408 e. The topological polar surface area (TPSA) is 50.2 Å². The van der Waals surface area contributed by atoms with E-state index < -0.39 is 24.4 Å². The monoisotopic (exact) mass is 344 g/mol. The van der Waals surface area contributed by atoms with Crippen LogP contribution >= 0.6 is 0 Å². The van der Waals surface area contributed by atoms with Gasteiger partial charge in [-0.2, -0.15) is 18.3 Å². The molecule has 2 heterocycles. The highest BCUT2D eigenvalue weighted by Crippen LogP contribution is 2.42. The smallest absolute Gasteiger partial charge is 0.321 e. The summed E-state index contributed by atoms with van der Waals surface area (Å²) < 4.78 is 39.2. The van der Waals surface area contributed by atoms with Gasteiger partial charge in [-0.1, -0.05) is 12.8 Å². The first kappa shape index (κ1) is 17.3. The first-order valence-corrected chi connectivity index (χ1v) is 8.38. The fourth-order valence-corrected chi connectivity index (χ4v) is 4.11. The lowest BCUT2D eigenvalue weighted by Gasteiger charge is -2.23. The second-order valence-electron chi connectivity index (χ2n) is 6.78. The largest absolute Gasteiger partial charge is 0.408 e. The van der Waals surface area contributed by atoms with Crippen LogP contribution in [0.15, 0.2) is 0 Å². The molecule has 1 saturated heterocycles. The fraction of sp³-hybridized carbons (Fsp3) is 0.750. The van der Waals surface area contributed by atoms with Crippen molar-refractivity contribution in [2.24, 2.45) is 0 Å². The molecule has 0 aromatic carbocycles. The second-order valence-corrected chi connectivity index (χ2v) is 6.78. The van der Waals surface area contributed by atoms with E-state index in [4.69, 9.17) is 0 Å². The van der Waals surface area contributed by atoms with Gasteiger partial charge >= 0.3 is 6.18 Å². The molecular weight excluding hydrogens is 321 g/mol. The molecule has 1 N–H and O–H groups in total. The maximum atomic E-state index is 12.9. The van der Waals surface area contributed by atoms with Gasteiger partial charge in [0.1, 0.15) is 12.7 Å². The Kier molecular flexibility index (Phi) is 4.14. The second kappa shape index (κ2) is 5.75. The van der Waals surface area contributed by atoms with Gasteiger partial charge in [0, 0.05) is 17.8 Å². The molecule has 1 aromatic heterocycles. The highest BCUT2D eigenvalue weighted by atomic mass is 19.4. The third kappa shape index (κ3) is 2.70. The van der Waals surface area contributed by atoms with Crippen LogP contribution in [-0.2, 0) is 11.3 Å². The van der Waals surface area contributed by atoms with Gasteiger partial charge in [-0.25, -0.2) is 0 Å². The molecular formula is C16H23F3N4O. The van der Waals surface area contributed by atoms with E-state index in [1.807, 2.05) is 6.92 Å². The molecule has 1 aliphatic heterocycles. The van der Waals surface area contributed by atoms with Crippen LogP contribution in [0, 0.1) is 13.8 Å². The predicted molar refractivity (Wildman–Crippen MR) is 82.2 cm³/mol. The van der Waals surface area contributed by atoms with Crippen molar-refractivity contribution in [2.45, 2.75) is 70.9 Å². The number of amides is 1. The number of aryl methyl sites for hydroxylation is 1. The number of hydrogen-bond acceptors (Lipinski definition) is 3. The molecule has 5 nitrogen and oxygen atoms in total. The van der Waals surface area contributed by atoms with Crippen molar-refractivity contribution in [1.29, 1.82) is 0 Å². The summed E-state index contributed by atoms with van der Waals surface area (Å²) in [6.45, 7) is 4.64. The van der Waals surface area contributed by atoms with E-state index >= 15 is 0 Å². The fourth-order valence-electron chi connectivity index (χ4n) is 4.11. The minimum Gasteiger partial charge on any atom is -0.321 e. The molecule has 3 rings (SSSR count). The van der Waals surface area contributed by atoms with Gasteiger partial charge in [-0.15, -0.1) is 0 Å². The molecule has 1 saturated carbocycles. The normalized spacial score (nSPS) is 23.7.